The van der Waals surface area contributed by atoms with E-state index in [4.69, 9.17) is 0 Å². The maximum absolute atomic E-state index is 12.9. The van der Waals surface area contributed by atoms with Crippen LogP contribution < -0.4 is 0 Å². The summed E-state index contributed by atoms with van der Waals surface area (Å²) in [5.41, 5.74) is 0.770. The lowest BCUT2D eigenvalue weighted by Crippen LogP contribution is -2.30. The minimum atomic E-state index is -3.51. The Balaban J connectivity index is 2.52. The molecule has 0 saturated carbocycles. The second kappa shape index (κ2) is 9.21. The van der Waals surface area contributed by atoms with Crippen molar-refractivity contribution >= 4 is 21.8 Å². The van der Waals surface area contributed by atoms with Gasteiger partial charge in [0.05, 0.1) is 4.90 Å². The van der Waals surface area contributed by atoms with E-state index in [0.29, 0.717) is 35.0 Å². The van der Waals surface area contributed by atoms with Crippen molar-refractivity contribution in [1.29, 1.82) is 0 Å². The maximum Gasteiger partial charge on any atom is 0.243 e. The van der Waals surface area contributed by atoms with Crippen LogP contribution in [0.2, 0.25) is 0 Å². The number of hydrogen-bond acceptors (Lipinski definition) is 5. The molecule has 2 rings (SSSR count). The van der Waals surface area contributed by atoms with Crippen molar-refractivity contribution in [3.8, 4) is 11.4 Å². The van der Waals surface area contributed by atoms with E-state index in [1.165, 1.54) is 4.31 Å². The Bertz CT molecular complexity index is 856. The second-order valence-electron chi connectivity index (χ2n) is 7.09. The fourth-order valence-corrected chi connectivity index (χ4v) is 5.14. The third-order valence-electron chi connectivity index (χ3n) is 4.04. The molecule has 0 fully saturated rings. The number of nitrogens with zero attached hydrogens (tertiary/aromatic N) is 4. The van der Waals surface area contributed by atoms with Crippen molar-refractivity contribution in [3.63, 3.8) is 0 Å². The van der Waals surface area contributed by atoms with E-state index in [0.717, 1.165) is 17.3 Å². The average Bonchev–Trinajstić information content (AvgIpc) is 2.97. The zero-order valence-corrected chi connectivity index (χ0v) is 18.6. The molecule has 8 heteroatoms. The lowest BCUT2D eigenvalue weighted by molar-refractivity contribution is 0.445. The number of sulfonamides is 1. The third-order valence-corrected chi connectivity index (χ3v) is 7.07. The number of thioether (sulfide) groups is 1. The largest absolute Gasteiger partial charge is 0.302 e. The molecule has 1 aromatic carbocycles. The molecule has 6 nitrogen and oxygen atoms in total. The van der Waals surface area contributed by atoms with Crippen molar-refractivity contribution in [2.75, 3.05) is 13.1 Å². The van der Waals surface area contributed by atoms with E-state index in [-0.39, 0.29) is 0 Å². The highest BCUT2D eigenvalue weighted by atomic mass is 32.2. The van der Waals surface area contributed by atoms with Crippen LogP contribution in [-0.4, -0.2) is 45.8 Å². The van der Waals surface area contributed by atoms with Crippen LogP contribution in [0.5, 0.6) is 0 Å². The Kier molecular flexibility index (Phi) is 7.47. The van der Waals surface area contributed by atoms with Crippen molar-refractivity contribution < 1.29 is 8.42 Å². The Morgan fingerprint density at radius 1 is 1.11 bits per heavy atom. The van der Waals surface area contributed by atoms with Crippen molar-refractivity contribution in [2.24, 2.45) is 5.92 Å². The van der Waals surface area contributed by atoms with Crippen LogP contribution in [0, 0.1) is 5.92 Å². The summed E-state index contributed by atoms with van der Waals surface area (Å²) in [6.45, 7) is 13.9. The molecule has 150 valence electrons. The van der Waals surface area contributed by atoms with Crippen LogP contribution in [0.1, 0.15) is 41.5 Å². The number of rotatable bonds is 9. The molecule has 0 unspecified atom stereocenters. The minimum Gasteiger partial charge on any atom is -0.302 e. The van der Waals surface area contributed by atoms with Gasteiger partial charge < -0.3 is 4.57 Å². The van der Waals surface area contributed by atoms with Gasteiger partial charge in [-0.3, -0.25) is 0 Å². The van der Waals surface area contributed by atoms with E-state index in [9.17, 15) is 8.42 Å². The van der Waals surface area contributed by atoms with Crippen LogP contribution >= 0.6 is 11.8 Å². The first-order chi connectivity index (χ1) is 12.7. The highest BCUT2D eigenvalue weighted by molar-refractivity contribution is 7.99. The molecule has 0 N–H and O–H groups in total. The fraction of sp³-hybridized carbons (Fsp3) is 0.579. The highest BCUT2D eigenvalue weighted by Gasteiger charge is 2.23. The van der Waals surface area contributed by atoms with E-state index in [1.54, 1.807) is 30.0 Å². The predicted molar refractivity (Wildman–Crippen MR) is 111 cm³/mol. The zero-order chi connectivity index (χ0) is 20.2. The van der Waals surface area contributed by atoms with Crippen LogP contribution in [0.4, 0.5) is 0 Å². The summed E-state index contributed by atoms with van der Waals surface area (Å²) in [7, 11) is -3.51. The smallest absolute Gasteiger partial charge is 0.243 e. The SMILES string of the molecule is CCN(CC)S(=O)(=O)c1cccc(-c2nnc(SC(C)C)n2CC(C)C)c1. The molecule has 0 aliphatic heterocycles. The Morgan fingerprint density at radius 2 is 1.78 bits per heavy atom. The van der Waals surface area contributed by atoms with Crippen LogP contribution in [0.25, 0.3) is 11.4 Å². The minimum absolute atomic E-state index is 0.292. The van der Waals surface area contributed by atoms with Gasteiger partial charge in [0.1, 0.15) is 0 Å². The second-order valence-corrected chi connectivity index (χ2v) is 10.6. The molecule has 27 heavy (non-hydrogen) atoms. The lowest BCUT2D eigenvalue weighted by Gasteiger charge is -2.19. The predicted octanol–water partition coefficient (Wildman–Crippen LogP) is 4.13. The van der Waals surface area contributed by atoms with Gasteiger partial charge in [0, 0.05) is 30.4 Å². The molecule has 0 spiro atoms. The average molecular weight is 411 g/mol. The Labute approximate surface area is 167 Å². The van der Waals surface area contributed by atoms with E-state index >= 15 is 0 Å². The topological polar surface area (TPSA) is 68.1 Å². The lowest BCUT2D eigenvalue weighted by atomic mass is 10.2. The first-order valence-electron chi connectivity index (χ1n) is 9.41. The molecule has 1 aromatic heterocycles. The van der Waals surface area contributed by atoms with Gasteiger partial charge in [-0.25, -0.2) is 8.42 Å². The third kappa shape index (κ3) is 5.12. The van der Waals surface area contributed by atoms with Gasteiger partial charge in [-0.1, -0.05) is 65.4 Å². The van der Waals surface area contributed by atoms with Gasteiger partial charge in [-0.05, 0) is 18.1 Å². The molecule has 0 amide bonds. The van der Waals surface area contributed by atoms with E-state index in [1.807, 2.05) is 19.9 Å². The van der Waals surface area contributed by atoms with Crippen molar-refractivity contribution in [2.45, 2.75) is 63.4 Å². The molecule has 0 radical (unpaired) electrons. The summed E-state index contributed by atoms with van der Waals surface area (Å²) < 4.78 is 29.3. The molecule has 0 atom stereocenters. The molecule has 0 aliphatic carbocycles. The van der Waals surface area contributed by atoms with E-state index < -0.39 is 10.0 Å². The Hall–Kier alpha value is -1.38. The molecule has 0 bridgehead atoms. The zero-order valence-electron chi connectivity index (χ0n) is 17.0. The van der Waals surface area contributed by atoms with Gasteiger partial charge >= 0.3 is 0 Å². The standard InChI is InChI=1S/C19H30N4O2S2/c1-7-22(8-2)27(24,25)17-11-9-10-16(12-17)18-20-21-19(26-15(5)6)23(18)13-14(3)4/h9-12,14-15H,7-8,13H2,1-6H3. The monoisotopic (exact) mass is 410 g/mol. The molecule has 0 saturated heterocycles. The molecular formula is C19H30N4O2S2. The van der Waals surface area contributed by atoms with Crippen molar-refractivity contribution in [1.82, 2.24) is 19.1 Å². The maximum atomic E-state index is 12.9. The van der Waals surface area contributed by atoms with E-state index in [2.05, 4.69) is 42.5 Å². The van der Waals surface area contributed by atoms with Gasteiger partial charge in [0.25, 0.3) is 0 Å². The summed E-state index contributed by atoms with van der Waals surface area (Å²) in [4.78, 5) is 0.292. The van der Waals surface area contributed by atoms with Crippen molar-refractivity contribution in [3.05, 3.63) is 24.3 Å². The van der Waals surface area contributed by atoms with Crippen LogP contribution in [-0.2, 0) is 16.6 Å². The summed E-state index contributed by atoms with van der Waals surface area (Å²) in [6.07, 6.45) is 0. The van der Waals surface area contributed by atoms with Gasteiger partial charge in [-0.15, -0.1) is 10.2 Å². The molecule has 2 aromatic rings. The van der Waals surface area contributed by atoms with Crippen LogP contribution in [0.15, 0.2) is 34.3 Å². The van der Waals surface area contributed by atoms with Gasteiger partial charge in [0.2, 0.25) is 10.0 Å². The summed E-state index contributed by atoms with van der Waals surface area (Å²) in [5.74, 6) is 1.14. The molecular weight excluding hydrogens is 380 g/mol. The summed E-state index contributed by atoms with van der Waals surface area (Å²) >= 11 is 1.67. The van der Waals surface area contributed by atoms with Crippen LogP contribution in [0.3, 0.4) is 0 Å². The summed E-state index contributed by atoms with van der Waals surface area (Å²) in [6, 6.07) is 7.02. The Morgan fingerprint density at radius 3 is 2.33 bits per heavy atom. The number of aromatic nitrogens is 3. The molecule has 0 aliphatic rings. The van der Waals surface area contributed by atoms with Gasteiger partial charge in [-0.2, -0.15) is 4.31 Å². The quantitative estimate of drug-likeness (QED) is 0.581. The fourth-order valence-electron chi connectivity index (χ4n) is 2.84. The summed E-state index contributed by atoms with van der Waals surface area (Å²) in [5, 5.41) is 10.0. The number of hydrogen-bond donors (Lipinski definition) is 0. The highest BCUT2D eigenvalue weighted by Crippen LogP contribution is 2.29. The van der Waals surface area contributed by atoms with Gasteiger partial charge in [0.15, 0.2) is 11.0 Å². The first kappa shape index (κ1) is 21.9. The normalized spacial score (nSPS) is 12.5. The first-order valence-corrected chi connectivity index (χ1v) is 11.7. The number of benzene rings is 1. The molecule has 1 heterocycles.